The molecule has 0 unspecified atom stereocenters. The molecule has 0 bridgehead atoms. The normalized spacial score (nSPS) is 26.6. The largest absolute Gasteiger partial charge is 0.377 e. The van der Waals surface area contributed by atoms with Crippen LogP contribution in [0, 0.1) is 18.8 Å². The van der Waals surface area contributed by atoms with Gasteiger partial charge in [-0.3, -0.25) is 9.89 Å². The fourth-order valence-corrected chi connectivity index (χ4v) is 3.99. The predicted octanol–water partition coefficient (Wildman–Crippen LogP) is 1.17. The van der Waals surface area contributed by atoms with Crippen LogP contribution < -0.4 is 0 Å². The molecule has 2 aromatic heterocycles. The molecule has 4 heterocycles. The number of aromatic nitrogens is 4. The van der Waals surface area contributed by atoms with Gasteiger partial charge in [0, 0.05) is 38.7 Å². The molecular formula is C17H23N5O2. The quantitative estimate of drug-likeness (QED) is 0.917. The van der Waals surface area contributed by atoms with E-state index in [1.165, 1.54) is 0 Å². The van der Waals surface area contributed by atoms with E-state index < -0.39 is 0 Å². The van der Waals surface area contributed by atoms with Crippen molar-refractivity contribution < 1.29 is 9.53 Å². The third-order valence-electron chi connectivity index (χ3n) is 5.27. The lowest BCUT2D eigenvalue weighted by atomic mass is 9.83. The molecule has 0 radical (unpaired) electrons. The zero-order valence-corrected chi connectivity index (χ0v) is 14.1. The van der Waals surface area contributed by atoms with Crippen molar-refractivity contribution in [2.45, 2.75) is 25.9 Å². The molecule has 7 heteroatoms. The Kier molecular flexibility index (Phi) is 3.88. The first kappa shape index (κ1) is 15.4. The first-order chi connectivity index (χ1) is 11.6. The van der Waals surface area contributed by atoms with Crippen LogP contribution in [0.4, 0.5) is 0 Å². The number of H-pyrrole nitrogens is 1. The molecule has 4 rings (SSSR count). The van der Waals surface area contributed by atoms with Crippen LogP contribution in [-0.4, -0.2) is 56.4 Å². The van der Waals surface area contributed by atoms with Gasteiger partial charge in [0.2, 0.25) is 0 Å². The number of hydrogen-bond acceptors (Lipinski definition) is 4. The Hall–Kier alpha value is -2.15. The number of hydrogen-bond donors (Lipinski definition) is 1. The summed E-state index contributed by atoms with van der Waals surface area (Å²) in [5, 5.41) is 7.11. The van der Waals surface area contributed by atoms with Crippen LogP contribution in [0.2, 0.25) is 0 Å². The average molecular weight is 329 g/mol. The first-order valence-corrected chi connectivity index (χ1v) is 8.52. The van der Waals surface area contributed by atoms with Gasteiger partial charge in [0.1, 0.15) is 11.5 Å². The molecule has 0 aliphatic carbocycles. The summed E-state index contributed by atoms with van der Waals surface area (Å²) >= 11 is 0. The number of fused-ring (bicyclic) bond motifs is 1. The van der Waals surface area contributed by atoms with Gasteiger partial charge in [-0.25, -0.2) is 4.98 Å². The second-order valence-corrected chi connectivity index (χ2v) is 6.88. The molecule has 0 saturated carbocycles. The molecule has 2 aliphatic heterocycles. The maximum absolute atomic E-state index is 12.7. The molecule has 2 aromatic rings. The van der Waals surface area contributed by atoms with Crippen molar-refractivity contribution in [1.82, 2.24) is 24.6 Å². The van der Waals surface area contributed by atoms with Gasteiger partial charge in [0.25, 0.3) is 5.91 Å². The number of aromatic amines is 1. The summed E-state index contributed by atoms with van der Waals surface area (Å²) in [6, 6.07) is 3.79. The van der Waals surface area contributed by atoms with Gasteiger partial charge in [-0.05, 0) is 31.4 Å². The zero-order valence-electron chi connectivity index (χ0n) is 14.1. The van der Waals surface area contributed by atoms with Gasteiger partial charge in [0.05, 0.1) is 12.7 Å². The monoisotopic (exact) mass is 329 g/mol. The zero-order chi connectivity index (χ0) is 16.7. The second-order valence-electron chi connectivity index (χ2n) is 6.88. The molecule has 2 saturated heterocycles. The lowest BCUT2D eigenvalue weighted by molar-refractivity contribution is 0.0601. The summed E-state index contributed by atoms with van der Waals surface area (Å²) in [5.41, 5.74) is 0.750. The highest BCUT2D eigenvalue weighted by Gasteiger charge is 2.42. The van der Waals surface area contributed by atoms with Crippen molar-refractivity contribution >= 4 is 5.91 Å². The van der Waals surface area contributed by atoms with E-state index in [-0.39, 0.29) is 12.0 Å². The van der Waals surface area contributed by atoms with Crippen molar-refractivity contribution in [2.75, 3.05) is 19.7 Å². The molecule has 128 valence electrons. The Balaban J connectivity index is 1.40. The summed E-state index contributed by atoms with van der Waals surface area (Å²) in [4.78, 5) is 19.0. The third kappa shape index (κ3) is 2.73. The smallest absolute Gasteiger partial charge is 0.270 e. The third-order valence-corrected chi connectivity index (χ3v) is 5.27. The van der Waals surface area contributed by atoms with E-state index in [2.05, 4.69) is 15.2 Å². The number of likely N-dealkylation sites (tertiary alicyclic amines) is 1. The Bertz CT molecular complexity index is 737. The van der Waals surface area contributed by atoms with E-state index in [9.17, 15) is 4.79 Å². The summed E-state index contributed by atoms with van der Waals surface area (Å²) in [7, 11) is 1.91. The van der Waals surface area contributed by atoms with Gasteiger partial charge in [-0.1, -0.05) is 0 Å². The maximum atomic E-state index is 12.7. The Morgan fingerprint density at radius 1 is 1.50 bits per heavy atom. The fraction of sp³-hybridized carbons (Fsp3) is 0.588. The van der Waals surface area contributed by atoms with Crippen LogP contribution >= 0.6 is 0 Å². The van der Waals surface area contributed by atoms with E-state index in [0.717, 1.165) is 49.9 Å². The molecule has 24 heavy (non-hydrogen) atoms. The number of carbonyl (C=O) groups is 1. The van der Waals surface area contributed by atoms with E-state index in [0.29, 0.717) is 11.8 Å². The highest BCUT2D eigenvalue weighted by atomic mass is 16.5. The maximum Gasteiger partial charge on any atom is 0.270 e. The minimum atomic E-state index is 0.119. The van der Waals surface area contributed by atoms with Crippen molar-refractivity contribution in [3.63, 3.8) is 0 Å². The van der Waals surface area contributed by atoms with Gasteiger partial charge >= 0.3 is 0 Å². The Labute approximate surface area is 141 Å². The molecule has 0 aromatic carbocycles. The first-order valence-electron chi connectivity index (χ1n) is 8.52. The minimum absolute atomic E-state index is 0.119. The molecule has 3 atom stereocenters. The van der Waals surface area contributed by atoms with Crippen LogP contribution in [0.5, 0.6) is 0 Å². The molecule has 1 amide bonds. The van der Waals surface area contributed by atoms with Crippen LogP contribution in [-0.2, 0) is 18.2 Å². The lowest BCUT2D eigenvalue weighted by Gasteiger charge is -2.35. The number of aryl methyl sites for hydroxylation is 2. The Morgan fingerprint density at radius 3 is 3.08 bits per heavy atom. The van der Waals surface area contributed by atoms with Crippen LogP contribution in [0.25, 0.3) is 0 Å². The van der Waals surface area contributed by atoms with Gasteiger partial charge < -0.3 is 14.2 Å². The molecule has 7 nitrogen and oxygen atoms in total. The topological polar surface area (TPSA) is 76.0 Å². The predicted molar refractivity (Wildman–Crippen MR) is 87.5 cm³/mol. The number of ether oxygens (including phenoxy) is 1. The molecule has 2 aliphatic rings. The SMILES string of the molecule is Cc1nc(C[C@@H]2OC[C@H]3CN(C(=O)c4cccn4C)CC[C@H]32)n[nH]1. The van der Waals surface area contributed by atoms with E-state index >= 15 is 0 Å². The van der Waals surface area contributed by atoms with Crippen LogP contribution in [0.1, 0.15) is 28.6 Å². The molecule has 1 N–H and O–H groups in total. The standard InChI is InChI=1S/C17H23N5O2/c1-11-18-16(20-19-11)8-15-13-5-7-22(9-12(13)10-24-15)17(23)14-4-3-6-21(14)2/h3-4,6,12-13,15H,5,7-10H2,1-2H3,(H,18,19,20)/t12-,13-,15+/m1/s1. The highest BCUT2D eigenvalue weighted by molar-refractivity contribution is 5.92. The molecular weight excluding hydrogens is 306 g/mol. The molecule has 0 spiro atoms. The lowest BCUT2D eigenvalue weighted by Crippen LogP contribution is -2.45. The van der Waals surface area contributed by atoms with E-state index in [4.69, 9.17) is 4.74 Å². The van der Waals surface area contributed by atoms with Crippen molar-refractivity contribution in [3.05, 3.63) is 35.7 Å². The summed E-state index contributed by atoms with van der Waals surface area (Å²) in [6.45, 7) is 4.19. The number of piperidine rings is 1. The van der Waals surface area contributed by atoms with Crippen LogP contribution in [0.3, 0.4) is 0 Å². The number of rotatable bonds is 3. The van der Waals surface area contributed by atoms with Crippen molar-refractivity contribution in [3.8, 4) is 0 Å². The number of nitrogens with zero attached hydrogens (tertiary/aromatic N) is 4. The summed E-state index contributed by atoms with van der Waals surface area (Å²) < 4.78 is 7.90. The van der Waals surface area contributed by atoms with E-state index in [1.54, 1.807) is 0 Å². The van der Waals surface area contributed by atoms with E-state index in [1.807, 2.05) is 41.8 Å². The van der Waals surface area contributed by atoms with Gasteiger partial charge in [0.15, 0.2) is 5.82 Å². The minimum Gasteiger partial charge on any atom is -0.377 e. The number of carbonyl (C=O) groups excluding carboxylic acids is 1. The van der Waals surface area contributed by atoms with Crippen molar-refractivity contribution in [2.24, 2.45) is 18.9 Å². The number of nitrogens with one attached hydrogen (secondary N) is 1. The van der Waals surface area contributed by atoms with Gasteiger partial charge in [-0.15, -0.1) is 0 Å². The highest BCUT2D eigenvalue weighted by Crippen LogP contribution is 2.36. The van der Waals surface area contributed by atoms with Crippen molar-refractivity contribution in [1.29, 1.82) is 0 Å². The summed E-state index contributed by atoms with van der Waals surface area (Å²) in [6.07, 6.45) is 3.80. The second kappa shape index (κ2) is 6.05. The van der Waals surface area contributed by atoms with Gasteiger partial charge in [-0.2, -0.15) is 5.10 Å². The van der Waals surface area contributed by atoms with Crippen LogP contribution in [0.15, 0.2) is 18.3 Å². The molecule has 2 fully saturated rings. The fourth-order valence-electron chi connectivity index (χ4n) is 3.99. The number of amides is 1. The summed E-state index contributed by atoms with van der Waals surface area (Å²) in [5.74, 6) is 2.67. The average Bonchev–Trinajstić information content (AvgIpc) is 3.28. The Morgan fingerprint density at radius 2 is 2.38 bits per heavy atom.